The molecular weight excluding hydrogens is 576 g/mol. The number of esters is 1. The number of rotatable bonds is 12. The minimum Gasteiger partial charge on any atom is -0.464 e. The van der Waals surface area contributed by atoms with Crippen molar-refractivity contribution in [2.75, 3.05) is 32.8 Å². The average Bonchev–Trinajstić information content (AvgIpc) is 3.03. The van der Waals surface area contributed by atoms with Crippen molar-refractivity contribution >= 4 is 23.5 Å². The van der Waals surface area contributed by atoms with Crippen molar-refractivity contribution in [3.8, 4) is 6.07 Å². The van der Waals surface area contributed by atoms with Gasteiger partial charge in [-0.3, -0.25) is 24.5 Å². The molecule has 1 atom stereocenters. The largest absolute Gasteiger partial charge is 0.464 e. The van der Waals surface area contributed by atoms with Crippen LogP contribution in [0, 0.1) is 21.4 Å². The van der Waals surface area contributed by atoms with Gasteiger partial charge in [-0.15, -0.1) is 0 Å². The van der Waals surface area contributed by atoms with Gasteiger partial charge in [0.25, 0.3) is 5.69 Å². The molecule has 1 fully saturated rings. The Balaban J connectivity index is 1.39. The Bertz CT molecular complexity index is 1540. The van der Waals surface area contributed by atoms with Crippen molar-refractivity contribution in [3.05, 3.63) is 98.4 Å². The number of nitro benzene ring substituents is 1. The van der Waals surface area contributed by atoms with Crippen LogP contribution in [0.2, 0.25) is 0 Å². The van der Waals surface area contributed by atoms with E-state index in [-0.39, 0.29) is 36.2 Å². The SMILES string of the molecule is CC1=C(C(N)=O)C(c2ccc([N+](=O)[O-])cc2)C(C(=O)NCCCN2CCC(C(=O)OCCC#N)(c3ccccc3)CC2)=C(C)N1. The van der Waals surface area contributed by atoms with Crippen LogP contribution in [0.15, 0.2) is 77.1 Å². The zero-order valence-electron chi connectivity index (χ0n) is 25.5. The van der Waals surface area contributed by atoms with Gasteiger partial charge in [0.15, 0.2) is 0 Å². The summed E-state index contributed by atoms with van der Waals surface area (Å²) in [6.45, 7) is 5.91. The summed E-state index contributed by atoms with van der Waals surface area (Å²) in [5.41, 5.74) is 7.94. The van der Waals surface area contributed by atoms with E-state index < -0.39 is 22.2 Å². The second kappa shape index (κ2) is 14.6. The number of amides is 2. The number of nitrogens with two attached hydrogens (primary N) is 1. The standard InChI is InChI=1S/C33H38N6O6/c1-22-27(30(35)40)29(24-10-12-26(13-11-24)39(43)44)28(23(2)37-22)31(41)36-17-7-18-38-19-14-33(15-20-38,25-8-4-3-5-9-25)32(42)45-21-6-16-34/h3-5,8-13,29,37H,6-7,14-15,17-21H2,1-2H3,(H2,35,40)(H,36,41). The first-order chi connectivity index (χ1) is 21.6. The lowest BCUT2D eigenvalue weighted by Gasteiger charge is -2.40. The molecule has 0 bridgehead atoms. The fraction of sp³-hybridized carbons (Fsp3) is 0.394. The maximum absolute atomic E-state index is 13.5. The number of carbonyl (C=O) groups excluding carboxylic acids is 3. The first kappa shape index (κ1) is 32.9. The van der Waals surface area contributed by atoms with Gasteiger partial charge in [0.1, 0.15) is 6.61 Å². The van der Waals surface area contributed by atoms with E-state index in [9.17, 15) is 24.5 Å². The van der Waals surface area contributed by atoms with Crippen LogP contribution < -0.4 is 16.4 Å². The third kappa shape index (κ3) is 7.38. The van der Waals surface area contributed by atoms with Gasteiger partial charge in [0, 0.05) is 47.1 Å². The van der Waals surface area contributed by atoms with Crippen LogP contribution in [0.25, 0.3) is 0 Å². The zero-order chi connectivity index (χ0) is 32.6. The fourth-order valence-electron chi connectivity index (χ4n) is 6.20. The van der Waals surface area contributed by atoms with Gasteiger partial charge in [-0.25, -0.2) is 0 Å². The van der Waals surface area contributed by atoms with Gasteiger partial charge in [-0.05, 0) is 63.9 Å². The maximum atomic E-state index is 13.5. The lowest BCUT2D eigenvalue weighted by molar-refractivity contribution is -0.384. The highest BCUT2D eigenvalue weighted by atomic mass is 16.6. The topological polar surface area (TPSA) is 181 Å². The van der Waals surface area contributed by atoms with Gasteiger partial charge in [-0.1, -0.05) is 42.5 Å². The maximum Gasteiger partial charge on any atom is 0.316 e. The number of piperidine rings is 1. The quantitative estimate of drug-likeness (QED) is 0.140. The van der Waals surface area contributed by atoms with Gasteiger partial charge < -0.3 is 26.0 Å². The molecular formula is C33H38N6O6. The number of likely N-dealkylation sites (tertiary alicyclic amines) is 1. The highest BCUT2D eigenvalue weighted by molar-refractivity contribution is 6.03. The number of ether oxygens (including phenoxy) is 1. The summed E-state index contributed by atoms with van der Waals surface area (Å²) >= 11 is 0. The molecule has 0 aliphatic carbocycles. The molecule has 0 aromatic heterocycles. The number of carbonyl (C=O) groups is 3. The molecule has 2 aromatic rings. The van der Waals surface area contributed by atoms with E-state index in [2.05, 4.69) is 15.5 Å². The summed E-state index contributed by atoms with van der Waals surface area (Å²) in [6, 6.07) is 17.4. The molecule has 2 aromatic carbocycles. The number of non-ortho nitro benzene ring substituents is 1. The Labute approximate surface area is 262 Å². The van der Waals surface area contributed by atoms with Crippen LogP contribution in [0.5, 0.6) is 0 Å². The number of nitriles is 1. The summed E-state index contributed by atoms with van der Waals surface area (Å²) < 4.78 is 5.49. The lowest BCUT2D eigenvalue weighted by Crippen LogP contribution is -2.48. The van der Waals surface area contributed by atoms with E-state index in [1.165, 1.54) is 24.3 Å². The highest BCUT2D eigenvalue weighted by Gasteiger charge is 2.44. The van der Waals surface area contributed by atoms with Crippen molar-refractivity contribution < 1.29 is 24.0 Å². The van der Waals surface area contributed by atoms with Crippen LogP contribution in [-0.4, -0.2) is 60.4 Å². The molecule has 0 spiro atoms. The van der Waals surface area contributed by atoms with Crippen LogP contribution >= 0.6 is 0 Å². The number of nitrogens with one attached hydrogen (secondary N) is 2. The summed E-state index contributed by atoms with van der Waals surface area (Å²) in [6.07, 6.45) is 1.95. The highest BCUT2D eigenvalue weighted by Crippen LogP contribution is 2.39. The van der Waals surface area contributed by atoms with Gasteiger partial charge in [-0.2, -0.15) is 5.26 Å². The third-order valence-corrected chi connectivity index (χ3v) is 8.52. The molecule has 12 heteroatoms. The van der Waals surface area contributed by atoms with E-state index in [4.69, 9.17) is 15.7 Å². The van der Waals surface area contributed by atoms with E-state index in [0.717, 1.165) is 5.56 Å². The molecule has 45 heavy (non-hydrogen) atoms. The van der Waals surface area contributed by atoms with Crippen molar-refractivity contribution in [1.29, 1.82) is 5.26 Å². The predicted octanol–water partition coefficient (Wildman–Crippen LogP) is 3.31. The van der Waals surface area contributed by atoms with Crippen molar-refractivity contribution in [2.24, 2.45) is 5.73 Å². The van der Waals surface area contributed by atoms with E-state index in [1.54, 1.807) is 13.8 Å². The minimum absolute atomic E-state index is 0.0695. The number of allylic oxidation sites excluding steroid dienone is 2. The smallest absolute Gasteiger partial charge is 0.316 e. The Hall–Kier alpha value is -5.02. The first-order valence-corrected chi connectivity index (χ1v) is 14.9. The summed E-state index contributed by atoms with van der Waals surface area (Å²) in [5.74, 6) is -2.14. The number of primary amides is 1. The summed E-state index contributed by atoms with van der Waals surface area (Å²) in [7, 11) is 0. The average molecular weight is 615 g/mol. The monoisotopic (exact) mass is 614 g/mol. The third-order valence-electron chi connectivity index (χ3n) is 8.52. The number of nitrogens with zero attached hydrogens (tertiary/aromatic N) is 3. The minimum atomic E-state index is -0.786. The van der Waals surface area contributed by atoms with Crippen LogP contribution in [0.1, 0.15) is 56.6 Å². The van der Waals surface area contributed by atoms with Gasteiger partial charge in [0.2, 0.25) is 11.8 Å². The normalized spacial score (nSPS) is 18.0. The van der Waals surface area contributed by atoms with E-state index in [0.29, 0.717) is 68.0 Å². The Morgan fingerprint density at radius 2 is 1.73 bits per heavy atom. The molecule has 2 amide bonds. The fourth-order valence-corrected chi connectivity index (χ4v) is 6.20. The molecule has 0 radical (unpaired) electrons. The van der Waals surface area contributed by atoms with Crippen molar-refractivity contribution in [1.82, 2.24) is 15.5 Å². The molecule has 1 saturated heterocycles. The second-order valence-electron chi connectivity index (χ2n) is 11.3. The van der Waals surface area contributed by atoms with Crippen LogP contribution in [-0.2, 0) is 24.5 Å². The molecule has 2 aliphatic heterocycles. The number of hydrogen-bond acceptors (Lipinski definition) is 9. The van der Waals surface area contributed by atoms with E-state index in [1.807, 2.05) is 36.4 Å². The van der Waals surface area contributed by atoms with Crippen molar-refractivity contribution in [3.63, 3.8) is 0 Å². The first-order valence-electron chi connectivity index (χ1n) is 14.9. The molecule has 12 nitrogen and oxygen atoms in total. The molecule has 2 heterocycles. The van der Waals surface area contributed by atoms with Crippen LogP contribution in [0.3, 0.4) is 0 Å². The number of hydrogen-bond donors (Lipinski definition) is 3. The Kier molecular flexibility index (Phi) is 10.7. The number of benzene rings is 2. The number of dihydropyridines is 1. The number of nitro groups is 1. The molecule has 0 saturated carbocycles. The predicted molar refractivity (Wildman–Crippen MR) is 166 cm³/mol. The summed E-state index contributed by atoms with van der Waals surface area (Å²) in [5, 5.41) is 26.1. The van der Waals surface area contributed by atoms with Gasteiger partial charge >= 0.3 is 5.97 Å². The Morgan fingerprint density at radius 1 is 1.09 bits per heavy atom. The van der Waals surface area contributed by atoms with E-state index >= 15 is 0 Å². The Morgan fingerprint density at radius 3 is 2.33 bits per heavy atom. The van der Waals surface area contributed by atoms with Crippen molar-refractivity contribution in [2.45, 2.75) is 50.9 Å². The second-order valence-corrected chi connectivity index (χ2v) is 11.3. The molecule has 4 rings (SSSR count). The lowest BCUT2D eigenvalue weighted by atomic mass is 9.72. The zero-order valence-corrected chi connectivity index (χ0v) is 25.5. The molecule has 2 aliphatic rings. The van der Waals surface area contributed by atoms with Gasteiger partial charge in [0.05, 0.1) is 22.8 Å². The molecule has 1 unspecified atom stereocenters. The molecule has 236 valence electrons. The molecule has 4 N–H and O–H groups in total. The summed E-state index contributed by atoms with van der Waals surface area (Å²) in [4.78, 5) is 52.2. The van der Waals surface area contributed by atoms with Crippen LogP contribution in [0.4, 0.5) is 5.69 Å².